The first-order valence-corrected chi connectivity index (χ1v) is 6.06. The van der Waals surface area contributed by atoms with E-state index in [1.165, 1.54) is 11.1 Å². The van der Waals surface area contributed by atoms with Gasteiger partial charge in [-0.05, 0) is 18.9 Å². The second-order valence-electron chi connectivity index (χ2n) is 4.00. The molecule has 1 aromatic rings. The van der Waals surface area contributed by atoms with Crippen LogP contribution in [-0.4, -0.2) is 11.9 Å². The molecule has 0 saturated heterocycles. The lowest BCUT2D eigenvalue weighted by Gasteiger charge is -2.09. The second kappa shape index (κ2) is 6.86. The van der Waals surface area contributed by atoms with Gasteiger partial charge >= 0.3 is 0 Å². The fraction of sp³-hybridized carbons (Fsp3) is 0.538. The predicted molar refractivity (Wildman–Crippen MR) is 67.4 cm³/mol. The van der Waals surface area contributed by atoms with E-state index in [9.17, 15) is 0 Å². The number of rotatable bonds is 6. The summed E-state index contributed by atoms with van der Waals surface area (Å²) < 4.78 is 0. The summed E-state index contributed by atoms with van der Waals surface area (Å²) >= 11 is 6.11. The van der Waals surface area contributed by atoms with Gasteiger partial charge in [-0.3, -0.25) is 0 Å². The van der Waals surface area contributed by atoms with Gasteiger partial charge in [0.15, 0.2) is 0 Å². The van der Waals surface area contributed by atoms with Gasteiger partial charge in [-0.25, -0.2) is 0 Å². The normalized spacial score (nSPS) is 12.7. The van der Waals surface area contributed by atoms with Gasteiger partial charge in [0, 0.05) is 18.5 Å². The Balaban J connectivity index is 2.22. The molecule has 0 fully saturated rings. The van der Waals surface area contributed by atoms with Crippen molar-refractivity contribution in [3.05, 3.63) is 35.4 Å². The summed E-state index contributed by atoms with van der Waals surface area (Å²) in [6.45, 7) is 6.07. The Hall–Kier alpha value is -0.530. The summed E-state index contributed by atoms with van der Waals surface area (Å²) in [6, 6.07) is 8.60. The molecular formula is C13H20ClN. The first-order chi connectivity index (χ1) is 7.22. The molecule has 1 nitrogen and oxygen atoms in total. The highest BCUT2D eigenvalue weighted by molar-refractivity contribution is 6.20. The van der Waals surface area contributed by atoms with E-state index in [4.69, 9.17) is 11.6 Å². The van der Waals surface area contributed by atoms with Crippen molar-refractivity contribution in [1.29, 1.82) is 0 Å². The van der Waals surface area contributed by atoms with E-state index in [0.29, 0.717) is 0 Å². The fourth-order valence-corrected chi connectivity index (χ4v) is 1.82. The van der Waals surface area contributed by atoms with Crippen molar-refractivity contribution in [2.24, 2.45) is 0 Å². The predicted octanol–water partition coefficient (Wildman–Crippen LogP) is 3.49. The van der Waals surface area contributed by atoms with Crippen LogP contribution in [0.1, 0.15) is 30.9 Å². The van der Waals surface area contributed by atoms with Crippen molar-refractivity contribution >= 4 is 11.6 Å². The van der Waals surface area contributed by atoms with Crippen molar-refractivity contribution < 1.29 is 0 Å². The molecule has 1 rings (SSSR count). The third kappa shape index (κ3) is 5.19. The molecule has 0 aromatic heterocycles. The number of benzene rings is 1. The number of hydrogen-bond acceptors (Lipinski definition) is 1. The van der Waals surface area contributed by atoms with E-state index in [-0.39, 0.29) is 5.38 Å². The van der Waals surface area contributed by atoms with Crippen molar-refractivity contribution in [2.75, 3.05) is 6.54 Å². The quantitative estimate of drug-likeness (QED) is 0.731. The van der Waals surface area contributed by atoms with Gasteiger partial charge in [0.25, 0.3) is 0 Å². The first-order valence-electron chi connectivity index (χ1n) is 5.62. The number of hydrogen-bond donors (Lipinski definition) is 1. The zero-order valence-electron chi connectivity index (χ0n) is 9.59. The highest BCUT2D eigenvalue weighted by atomic mass is 35.5. The van der Waals surface area contributed by atoms with Crippen LogP contribution in [0.4, 0.5) is 0 Å². The highest BCUT2D eigenvalue weighted by Gasteiger charge is 2.01. The van der Waals surface area contributed by atoms with E-state index in [2.05, 4.69) is 43.4 Å². The molecule has 0 aliphatic heterocycles. The Kier molecular flexibility index (Phi) is 5.74. The molecular weight excluding hydrogens is 206 g/mol. The molecule has 1 N–H and O–H groups in total. The van der Waals surface area contributed by atoms with Crippen molar-refractivity contribution in [3.63, 3.8) is 0 Å². The van der Waals surface area contributed by atoms with Gasteiger partial charge < -0.3 is 5.32 Å². The molecule has 0 aliphatic rings. The highest BCUT2D eigenvalue weighted by Crippen LogP contribution is 2.05. The van der Waals surface area contributed by atoms with Gasteiger partial charge in [-0.1, -0.05) is 43.2 Å². The van der Waals surface area contributed by atoms with E-state index in [1.54, 1.807) is 0 Å². The van der Waals surface area contributed by atoms with Crippen LogP contribution in [-0.2, 0) is 6.54 Å². The summed E-state index contributed by atoms with van der Waals surface area (Å²) in [5.74, 6) is 0. The van der Waals surface area contributed by atoms with Gasteiger partial charge in [0.1, 0.15) is 0 Å². The van der Waals surface area contributed by atoms with Crippen LogP contribution in [0.2, 0.25) is 0 Å². The van der Waals surface area contributed by atoms with Crippen LogP contribution < -0.4 is 5.32 Å². The second-order valence-corrected chi connectivity index (χ2v) is 4.62. The summed E-state index contributed by atoms with van der Waals surface area (Å²) in [7, 11) is 0. The molecule has 1 atom stereocenters. The minimum absolute atomic E-state index is 0.264. The van der Waals surface area contributed by atoms with E-state index in [1.807, 2.05) is 0 Å². The number of alkyl halides is 1. The van der Waals surface area contributed by atoms with E-state index < -0.39 is 0 Å². The zero-order chi connectivity index (χ0) is 11.1. The number of aryl methyl sites for hydroxylation is 1. The van der Waals surface area contributed by atoms with E-state index >= 15 is 0 Å². The lowest BCUT2D eigenvalue weighted by Crippen LogP contribution is -2.22. The smallest absolute Gasteiger partial charge is 0.0460 e. The fourth-order valence-electron chi connectivity index (χ4n) is 1.49. The van der Waals surface area contributed by atoms with Gasteiger partial charge in [-0.15, -0.1) is 11.6 Å². The molecule has 0 spiro atoms. The standard InChI is InChI=1S/C13H20ClN/c1-3-4-13(14)10-15-9-12-7-5-11(2)6-8-12/h5-8,13,15H,3-4,9-10H2,1-2H3. The molecule has 1 unspecified atom stereocenters. The summed E-state index contributed by atoms with van der Waals surface area (Å²) in [6.07, 6.45) is 2.24. The third-order valence-corrected chi connectivity index (χ3v) is 2.79. The maximum absolute atomic E-state index is 6.11. The lowest BCUT2D eigenvalue weighted by atomic mass is 10.1. The minimum Gasteiger partial charge on any atom is -0.311 e. The van der Waals surface area contributed by atoms with Crippen molar-refractivity contribution in [3.8, 4) is 0 Å². The van der Waals surface area contributed by atoms with Gasteiger partial charge in [0.05, 0.1) is 0 Å². The summed E-state index contributed by atoms with van der Waals surface area (Å²) in [5.41, 5.74) is 2.63. The Labute approximate surface area is 97.8 Å². The third-order valence-electron chi connectivity index (χ3n) is 2.42. The van der Waals surface area contributed by atoms with Crippen LogP contribution >= 0.6 is 11.6 Å². The minimum atomic E-state index is 0.264. The molecule has 0 aliphatic carbocycles. The van der Waals surface area contributed by atoms with Crippen LogP contribution in [0.5, 0.6) is 0 Å². The molecule has 84 valence electrons. The molecule has 0 bridgehead atoms. The Morgan fingerprint density at radius 3 is 2.53 bits per heavy atom. The molecule has 0 heterocycles. The number of halogens is 1. The average Bonchev–Trinajstić information content (AvgIpc) is 2.21. The van der Waals surface area contributed by atoms with Crippen LogP contribution in [0.15, 0.2) is 24.3 Å². The Morgan fingerprint density at radius 2 is 1.93 bits per heavy atom. The number of nitrogens with one attached hydrogen (secondary N) is 1. The molecule has 0 radical (unpaired) electrons. The van der Waals surface area contributed by atoms with E-state index in [0.717, 1.165) is 25.9 Å². The van der Waals surface area contributed by atoms with Crippen molar-refractivity contribution in [2.45, 2.75) is 38.6 Å². The van der Waals surface area contributed by atoms with Crippen LogP contribution in [0, 0.1) is 6.92 Å². The lowest BCUT2D eigenvalue weighted by molar-refractivity contribution is 0.623. The topological polar surface area (TPSA) is 12.0 Å². The summed E-state index contributed by atoms with van der Waals surface area (Å²) in [4.78, 5) is 0. The summed E-state index contributed by atoms with van der Waals surface area (Å²) in [5, 5.41) is 3.64. The monoisotopic (exact) mass is 225 g/mol. The Bertz CT molecular complexity index is 268. The molecule has 1 aromatic carbocycles. The van der Waals surface area contributed by atoms with Crippen LogP contribution in [0.25, 0.3) is 0 Å². The maximum atomic E-state index is 6.11. The molecule has 0 saturated carbocycles. The van der Waals surface area contributed by atoms with Crippen molar-refractivity contribution in [1.82, 2.24) is 5.32 Å². The molecule has 2 heteroatoms. The van der Waals surface area contributed by atoms with Gasteiger partial charge in [0.2, 0.25) is 0 Å². The zero-order valence-corrected chi connectivity index (χ0v) is 10.3. The first kappa shape index (κ1) is 12.5. The SMILES string of the molecule is CCCC(Cl)CNCc1ccc(C)cc1. The molecule has 0 amide bonds. The molecule has 15 heavy (non-hydrogen) atoms. The average molecular weight is 226 g/mol. The maximum Gasteiger partial charge on any atom is 0.0460 e. The van der Waals surface area contributed by atoms with Gasteiger partial charge in [-0.2, -0.15) is 0 Å². The van der Waals surface area contributed by atoms with Crippen LogP contribution in [0.3, 0.4) is 0 Å². The Morgan fingerprint density at radius 1 is 1.27 bits per heavy atom. The largest absolute Gasteiger partial charge is 0.311 e.